The molecule has 0 aliphatic rings. The summed E-state index contributed by atoms with van der Waals surface area (Å²) < 4.78 is 76.5. The van der Waals surface area contributed by atoms with Crippen LogP contribution >= 0.6 is 12.2 Å². The summed E-state index contributed by atoms with van der Waals surface area (Å²) in [4.78, 5) is 5.27. The Bertz CT molecular complexity index is 722. The van der Waals surface area contributed by atoms with Gasteiger partial charge in [0.05, 0.1) is 5.69 Å². The Morgan fingerprint density at radius 3 is 2.15 bits per heavy atom. The number of aromatic nitrogens is 2. The number of H-pyrrole nitrogens is 1. The molecule has 2 rings (SSSR count). The lowest BCUT2D eigenvalue weighted by molar-refractivity contribution is -0.141. The molecule has 0 bridgehead atoms. The van der Waals surface area contributed by atoms with Gasteiger partial charge in [0.25, 0.3) is 0 Å². The molecule has 0 saturated heterocycles. The number of hydrogen-bond donors (Lipinski definition) is 1. The first-order valence-electron chi connectivity index (χ1n) is 5.02. The second-order valence-corrected chi connectivity index (χ2v) is 4.12. The van der Waals surface area contributed by atoms with Crippen LogP contribution in [0.1, 0.15) is 5.69 Å². The highest BCUT2D eigenvalue weighted by molar-refractivity contribution is 7.71. The van der Waals surface area contributed by atoms with Gasteiger partial charge in [-0.3, -0.25) is 0 Å². The largest absolute Gasteiger partial charge is 0.431 e. The highest BCUT2D eigenvalue weighted by Crippen LogP contribution is 2.31. The number of nitrogens with one attached hydrogen (secondary N) is 1. The summed E-state index contributed by atoms with van der Waals surface area (Å²) in [5.41, 5.74) is -2.43. The van der Waals surface area contributed by atoms with Crippen molar-refractivity contribution in [1.29, 1.82) is 0 Å². The number of aromatic amines is 1. The van der Waals surface area contributed by atoms with Gasteiger partial charge < -0.3 is 4.98 Å². The fraction of sp³-hybridized carbons (Fsp3) is 0.0909. The third kappa shape index (κ3) is 2.82. The molecule has 0 amide bonds. The molecule has 106 valence electrons. The lowest BCUT2D eigenvalue weighted by Gasteiger charge is -2.09. The zero-order chi connectivity index (χ0) is 15.1. The van der Waals surface area contributed by atoms with Crippen LogP contribution in [0, 0.1) is 22.2 Å². The van der Waals surface area contributed by atoms with Crippen LogP contribution in [0.25, 0.3) is 11.3 Å². The van der Waals surface area contributed by atoms with Gasteiger partial charge in [0.15, 0.2) is 16.4 Å². The molecule has 9 heteroatoms. The Morgan fingerprint density at radius 2 is 1.55 bits per heavy atom. The maximum absolute atomic E-state index is 13.5. The molecule has 0 fully saturated rings. The molecule has 1 aromatic carbocycles. The van der Waals surface area contributed by atoms with Gasteiger partial charge >= 0.3 is 6.18 Å². The van der Waals surface area contributed by atoms with E-state index in [-0.39, 0.29) is 6.07 Å². The van der Waals surface area contributed by atoms with Gasteiger partial charge in [0.2, 0.25) is 0 Å². The van der Waals surface area contributed by atoms with E-state index >= 15 is 0 Å². The molecule has 1 N–H and O–H groups in total. The minimum Gasteiger partial charge on any atom is -0.327 e. The van der Waals surface area contributed by atoms with Crippen LogP contribution in [-0.2, 0) is 6.18 Å². The van der Waals surface area contributed by atoms with Crippen LogP contribution in [0.5, 0.6) is 0 Å². The molecular weight excluding hydrogens is 306 g/mol. The summed E-state index contributed by atoms with van der Waals surface area (Å²) in [7, 11) is 0. The molecule has 0 saturated carbocycles. The smallest absolute Gasteiger partial charge is 0.327 e. The van der Waals surface area contributed by atoms with Crippen molar-refractivity contribution < 1.29 is 26.3 Å². The molecule has 0 atom stereocenters. The van der Waals surface area contributed by atoms with Crippen molar-refractivity contribution in [2.45, 2.75) is 6.18 Å². The highest BCUT2D eigenvalue weighted by atomic mass is 32.1. The first-order valence-corrected chi connectivity index (χ1v) is 5.43. The van der Waals surface area contributed by atoms with Crippen LogP contribution in [0.2, 0.25) is 0 Å². The van der Waals surface area contributed by atoms with Crippen molar-refractivity contribution in [3.63, 3.8) is 0 Å². The first kappa shape index (κ1) is 14.5. The van der Waals surface area contributed by atoms with Crippen LogP contribution in [0.3, 0.4) is 0 Å². The summed E-state index contributed by atoms with van der Waals surface area (Å²) in [5.74, 6) is -4.11. The molecule has 2 nitrogen and oxygen atoms in total. The molecule has 2 aromatic rings. The van der Waals surface area contributed by atoms with Gasteiger partial charge in [0.1, 0.15) is 11.5 Å². The van der Waals surface area contributed by atoms with Gasteiger partial charge in [-0.05, 0) is 24.4 Å². The predicted molar refractivity (Wildman–Crippen MR) is 59.7 cm³/mol. The second kappa shape index (κ2) is 4.89. The number of rotatable bonds is 1. The maximum atomic E-state index is 13.5. The normalized spacial score (nSPS) is 11.7. The summed E-state index contributed by atoms with van der Waals surface area (Å²) in [6, 6.07) is 1.10. The molecule has 1 heterocycles. The minimum absolute atomic E-state index is 0.222. The highest BCUT2D eigenvalue weighted by Gasteiger charge is 2.32. The van der Waals surface area contributed by atoms with Crippen molar-refractivity contribution in [2.24, 2.45) is 0 Å². The van der Waals surface area contributed by atoms with E-state index in [2.05, 4.69) is 17.2 Å². The molecule has 20 heavy (non-hydrogen) atoms. The number of nitrogens with zero attached hydrogens (tertiary/aromatic N) is 1. The number of alkyl halides is 3. The molecule has 0 spiro atoms. The van der Waals surface area contributed by atoms with Crippen molar-refractivity contribution in [3.05, 3.63) is 46.1 Å². The second-order valence-electron chi connectivity index (χ2n) is 3.73. The molecular formula is C11H4F6N2S. The van der Waals surface area contributed by atoms with Crippen molar-refractivity contribution in [1.82, 2.24) is 9.97 Å². The Morgan fingerprint density at radius 1 is 0.950 bits per heavy atom. The topological polar surface area (TPSA) is 28.7 Å². The fourth-order valence-electron chi connectivity index (χ4n) is 1.47. The van der Waals surface area contributed by atoms with E-state index in [1.807, 2.05) is 0 Å². The molecule has 0 aliphatic carbocycles. The quantitative estimate of drug-likeness (QED) is 0.485. The summed E-state index contributed by atoms with van der Waals surface area (Å²) >= 11 is 4.50. The Balaban J connectivity index is 2.68. The Hall–Kier alpha value is -1.90. The lowest BCUT2D eigenvalue weighted by Crippen LogP contribution is -2.09. The average molecular weight is 310 g/mol. The van der Waals surface area contributed by atoms with Crippen LogP contribution < -0.4 is 0 Å². The lowest BCUT2D eigenvalue weighted by atomic mass is 10.1. The monoisotopic (exact) mass is 310 g/mol. The van der Waals surface area contributed by atoms with Crippen LogP contribution in [0.4, 0.5) is 26.3 Å². The third-order valence-electron chi connectivity index (χ3n) is 2.34. The van der Waals surface area contributed by atoms with E-state index in [0.29, 0.717) is 12.1 Å². The number of halogens is 6. The van der Waals surface area contributed by atoms with Gasteiger partial charge in [-0.2, -0.15) is 13.2 Å². The number of benzene rings is 1. The van der Waals surface area contributed by atoms with Crippen molar-refractivity contribution in [3.8, 4) is 11.3 Å². The van der Waals surface area contributed by atoms with Crippen molar-refractivity contribution >= 4 is 12.2 Å². The van der Waals surface area contributed by atoms with Gasteiger partial charge in [-0.25, -0.2) is 18.2 Å². The fourth-order valence-corrected chi connectivity index (χ4v) is 1.68. The van der Waals surface area contributed by atoms with E-state index in [0.717, 1.165) is 0 Å². The van der Waals surface area contributed by atoms with E-state index < -0.39 is 45.4 Å². The minimum atomic E-state index is -4.76. The van der Waals surface area contributed by atoms with E-state index in [9.17, 15) is 26.3 Å². The Kier molecular flexibility index (Phi) is 3.55. The van der Waals surface area contributed by atoms with E-state index in [1.54, 1.807) is 4.98 Å². The summed E-state index contributed by atoms with van der Waals surface area (Å²) in [6.45, 7) is 0. The van der Waals surface area contributed by atoms with Gasteiger partial charge in [0, 0.05) is 11.6 Å². The first-order chi connectivity index (χ1) is 9.18. The molecule has 0 aliphatic heterocycles. The van der Waals surface area contributed by atoms with Crippen molar-refractivity contribution in [2.75, 3.05) is 0 Å². The molecule has 0 unspecified atom stereocenters. The third-order valence-corrected chi connectivity index (χ3v) is 2.53. The summed E-state index contributed by atoms with van der Waals surface area (Å²) in [5, 5.41) is 0. The van der Waals surface area contributed by atoms with Gasteiger partial charge in [-0.1, -0.05) is 0 Å². The van der Waals surface area contributed by atoms with Crippen LogP contribution in [0.15, 0.2) is 18.2 Å². The van der Waals surface area contributed by atoms with Crippen LogP contribution in [-0.4, -0.2) is 9.97 Å². The maximum Gasteiger partial charge on any atom is 0.431 e. The standard InChI is InChI=1S/C11H4F6N2S/c12-5-2-7(14)6(13)1-4(5)8-3-9(11(15,16)17)19-10(20)18-8/h1-3H,(H,18,19,20). The average Bonchev–Trinajstić information content (AvgIpc) is 2.32. The Labute approximate surface area is 113 Å². The SMILES string of the molecule is Fc1cc(F)c(-c2cc(C(F)(F)F)[nH]c(=S)n2)cc1F. The molecule has 0 radical (unpaired) electrons. The molecule has 1 aromatic heterocycles. The predicted octanol–water partition coefficient (Wildman–Crippen LogP) is 4.24. The number of hydrogen-bond acceptors (Lipinski definition) is 2. The summed E-state index contributed by atoms with van der Waals surface area (Å²) in [6.07, 6.45) is -4.76. The zero-order valence-electron chi connectivity index (χ0n) is 9.36. The zero-order valence-corrected chi connectivity index (χ0v) is 10.2. The van der Waals surface area contributed by atoms with E-state index in [4.69, 9.17) is 0 Å². The van der Waals surface area contributed by atoms with Gasteiger partial charge in [-0.15, -0.1) is 0 Å². The van der Waals surface area contributed by atoms with E-state index in [1.165, 1.54) is 0 Å².